The van der Waals surface area contributed by atoms with E-state index in [4.69, 9.17) is 5.73 Å². The molecule has 0 spiro atoms. The lowest BCUT2D eigenvalue weighted by Gasteiger charge is -2.08. The van der Waals surface area contributed by atoms with Gasteiger partial charge in [0.1, 0.15) is 5.75 Å². The zero-order valence-electron chi connectivity index (χ0n) is 9.73. The normalized spacial score (nSPS) is 16.5. The van der Waals surface area contributed by atoms with Gasteiger partial charge in [0, 0.05) is 6.04 Å². The molecule has 0 aliphatic heterocycles. The maximum Gasteiger partial charge on any atom is 0.233 e. The molecule has 0 saturated heterocycles. The molecule has 5 heteroatoms. The summed E-state index contributed by atoms with van der Waals surface area (Å²) < 4.78 is 12.0. The predicted molar refractivity (Wildman–Crippen MR) is 68.0 cm³/mol. The molecule has 0 radical (unpaired) electrons. The van der Waals surface area contributed by atoms with Crippen molar-refractivity contribution in [1.82, 2.24) is 5.32 Å². The lowest BCUT2D eigenvalue weighted by Crippen LogP contribution is -2.30. The summed E-state index contributed by atoms with van der Waals surface area (Å²) in [6, 6.07) is 5.68. The van der Waals surface area contributed by atoms with E-state index in [0.717, 1.165) is 18.4 Å². The van der Waals surface area contributed by atoms with Gasteiger partial charge in [0.05, 0.1) is 21.4 Å². The average Bonchev–Trinajstić information content (AvgIpc) is 3.05. The minimum Gasteiger partial charge on any atom is -0.398 e. The van der Waals surface area contributed by atoms with Gasteiger partial charge >= 0.3 is 0 Å². The maximum atomic E-state index is 12.0. The number of carbonyl (C=O) groups is 1. The van der Waals surface area contributed by atoms with Crippen LogP contribution in [0.3, 0.4) is 0 Å². The fraction of sp³-hybridized carbons (Fsp3) is 0.417. The van der Waals surface area contributed by atoms with E-state index in [1.165, 1.54) is 0 Å². The van der Waals surface area contributed by atoms with Crippen molar-refractivity contribution in [2.75, 3.05) is 11.5 Å². The quantitative estimate of drug-likeness (QED) is 0.784. The minimum atomic E-state index is -1.36. The Morgan fingerprint density at radius 1 is 1.53 bits per heavy atom. The molecule has 92 valence electrons. The number of rotatable bonds is 4. The second-order valence-electron chi connectivity index (χ2n) is 4.32. The number of carbonyl (C=O) groups excluding carboxylic acids is 1. The van der Waals surface area contributed by atoms with Gasteiger partial charge in [0.25, 0.3) is 0 Å². The molecule has 0 aromatic heterocycles. The molecule has 1 aliphatic rings. The van der Waals surface area contributed by atoms with Gasteiger partial charge in [-0.1, -0.05) is 12.1 Å². The standard InChI is InChI=1S/C12H16N2O2S/c1-8-3-2-4-10(12(8)13)17(16)7-11(15)14-9-5-6-9/h2-4,9H,5-7,13H2,1H3,(H,14,15). The second-order valence-corrected chi connectivity index (χ2v) is 5.74. The highest BCUT2D eigenvalue weighted by Crippen LogP contribution is 2.21. The average molecular weight is 252 g/mol. The van der Waals surface area contributed by atoms with Crippen LogP contribution < -0.4 is 11.1 Å². The summed E-state index contributed by atoms with van der Waals surface area (Å²) in [5.41, 5.74) is 7.25. The molecule has 1 aromatic carbocycles. The Bertz CT molecular complexity index is 470. The number of nitrogen functional groups attached to an aromatic ring is 1. The number of aryl methyl sites for hydroxylation is 1. The molecule has 1 amide bonds. The number of hydrogen-bond acceptors (Lipinski definition) is 3. The molecule has 1 aliphatic carbocycles. The molecule has 1 saturated carbocycles. The summed E-state index contributed by atoms with van der Waals surface area (Å²) in [7, 11) is -1.36. The van der Waals surface area contributed by atoms with E-state index in [-0.39, 0.29) is 11.7 Å². The van der Waals surface area contributed by atoms with Crippen LogP contribution in [0.25, 0.3) is 0 Å². The summed E-state index contributed by atoms with van der Waals surface area (Å²) in [4.78, 5) is 12.1. The fourth-order valence-electron chi connectivity index (χ4n) is 1.55. The molecule has 1 fully saturated rings. The highest BCUT2D eigenvalue weighted by atomic mass is 32.2. The number of amides is 1. The van der Waals surface area contributed by atoms with E-state index in [9.17, 15) is 9.00 Å². The van der Waals surface area contributed by atoms with Gasteiger partial charge in [0.15, 0.2) is 0 Å². The van der Waals surface area contributed by atoms with Crippen LogP contribution in [-0.2, 0) is 15.6 Å². The molecule has 0 heterocycles. The van der Waals surface area contributed by atoms with Crippen molar-refractivity contribution in [3.05, 3.63) is 23.8 Å². The lowest BCUT2D eigenvalue weighted by atomic mass is 10.2. The van der Waals surface area contributed by atoms with Crippen molar-refractivity contribution >= 4 is 22.4 Å². The van der Waals surface area contributed by atoms with Crippen LogP contribution in [0.5, 0.6) is 0 Å². The Balaban J connectivity index is 2.03. The monoisotopic (exact) mass is 252 g/mol. The SMILES string of the molecule is Cc1cccc(S(=O)CC(=O)NC2CC2)c1N. The number of nitrogens with two attached hydrogens (primary N) is 1. The Morgan fingerprint density at radius 2 is 2.24 bits per heavy atom. The first-order valence-electron chi connectivity index (χ1n) is 5.61. The zero-order valence-corrected chi connectivity index (χ0v) is 10.5. The Morgan fingerprint density at radius 3 is 2.88 bits per heavy atom. The molecule has 0 bridgehead atoms. The molecule has 1 unspecified atom stereocenters. The van der Waals surface area contributed by atoms with E-state index < -0.39 is 10.8 Å². The van der Waals surface area contributed by atoms with E-state index in [1.54, 1.807) is 12.1 Å². The first kappa shape index (κ1) is 12.1. The molecule has 4 nitrogen and oxygen atoms in total. The number of hydrogen-bond donors (Lipinski definition) is 2. The Hall–Kier alpha value is -1.36. The van der Waals surface area contributed by atoms with Crippen LogP contribution in [0, 0.1) is 6.92 Å². The zero-order chi connectivity index (χ0) is 12.4. The van der Waals surface area contributed by atoms with Gasteiger partial charge in [-0.25, -0.2) is 0 Å². The van der Waals surface area contributed by atoms with Crippen LogP contribution in [0.15, 0.2) is 23.1 Å². The summed E-state index contributed by atoms with van der Waals surface area (Å²) in [5.74, 6) is -0.170. The van der Waals surface area contributed by atoms with E-state index >= 15 is 0 Å². The molecule has 3 N–H and O–H groups in total. The third kappa shape index (κ3) is 3.06. The van der Waals surface area contributed by atoms with Crippen molar-refractivity contribution in [3.8, 4) is 0 Å². The van der Waals surface area contributed by atoms with Crippen molar-refractivity contribution in [1.29, 1.82) is 0 Å². The first-order valence-corrected chi connectivity index (χ1v) is 6.92. The highest BCUT2D eigenvalue weighted by molar-refractivity contribution is 7.86. The van der Waals surface area contributed by atoms with Crippen LogP contribution in [0.4, 0.5) is 5.69 Å². The summed E-state index contributed by atoms with van der Waals surface area (Å²) >= 11 is 0. The minimum absolute atomic E-state index is 0.00977. The van der Waals surface area contributed by atoms with Gasteiger partial charge in [-0.15, -0.1) is 0 Å². The molecular weight excluding hydrogens is 236 g/mol. The van der Waals surface area contributed by atoms with Crippen LogP contribution in [-0.4, -0.2) is 21.9 Å². The van der Waals surface area contributed by atoms with Crippen LogP contribution >= 0.6 is 0 Å². The molecule has 2 rings (SSSR count). The van der Waals surface area contributed by atoms with E-state index in [2.05, 4.69) is 5.32 Å². The third-order valence-corrected chi connectivity index (χ3v) is 4.10. The lowest BCUT2D eigenvalue weighted by molar-refractivity contribution is -0.118. The predicted octanol–water partition coefficient (Wildman–Crippen LogP) is 0.963. The topological polar surface area (TPSA) is 72.2 Å². The van der Waals surface area contributed by atoms with Gasteiger partial charge in [-0.3, -0.25) is 9.00 Å². The van der Waals surface area contributed by atoms with Gasteiger partial charge in [0.2, 0.25) is 5.91 Å². The summed E-state index contributed by atoms with van der Waals surface area (Å²) in [6.45, 7) is 1.86. The number of benzene rings is 1. The third-order valence-electron chi connectivity index (χ3n) is 2.73. The number of nitrogens with one attached hydrogen (secondary N) is 1. The van der Waals surface area contributed by atoms with Crippen molar-refractivity contribution < 1.29 is 9.00 Å². The Labute approximate surface area is 103 Å². The largest absolute Gasteiger partial charge is 0.398 e. The van der Waals surface area contributed by atoms with Gasteiger partial charge < -0.3 is 11.1 Å². The van der Waals surface area contributed by atoms with Crippen molar-refractivity contribution in [3.63, 3.8) is 0 Å². The second kappa shape index (κ2) is 4.87. The van der Waals surface area contributed by atoms with Gasteiger partial charge in [-0.05, 0) is 31.4 Å². The molecule has 17 heavy (non-hydrogen) atoms. The van der Waals surface area contributed by atoms with Crippen molar-refractivity contribution in [2.24, 2.45) is 0 Å². The molecule has 1 aromatic rings. The maximum absolute atomic E-state index is 12.0. The van der Waals surface area contributed by atoms with Crippen LogP contribution in [0.2, 0.25) is 0 Å². The first-order chi connectivity index (χ1) is 8.08. The van der Waals surface area contributed by atoms with Gasteiger partial charge in [-0.2, -0.15) is 0 Å². The summed E-state index contributed by atoms with van der Waals surface area (Å²) in [5, 5.41) is 2.82. The Kier molecular flexibility index (Phi) is 3.47. The highest BCUT2D eigenvalue weighted by Gasteiger charge is 2.24. The summed E-state index contributed by atoms with van der Waals surface area (Å²) in [6.07, 6.45) is 2.07. The number of anilines is 1. The molecule has 1 atom stereocenters. The smallest absolute Gasteiger partial charge is 0.233 e. The van der Waals surface area contributed by atoms with E-state index in [0.29, 0.717) is 16.6 Å². The van der Waals surface area contributed by atoms with Crippen LogP contribution in [0.1, 0.15) is 18.4 Å². The number of para-hydroxylation sites is 1. The molecular formula is C12H16N2O2S. The van der Waals surface area contributed by atoms with Crippen molar-refractivity contribution in [2.45, 2.75) is 30.7 Å². The van der Waals surface area contributed by atoms with E-state index in [1.807, 2.05) is 13.0 Å². The fourth-order valence-corrected chi connectivity index (χ4v) is 2.66.